The molecule has 0 amide bonds. The van der Waals surface area contributed by atoms with Gasteiger partial charge >= 0.3 is 7.60 Å². The molecule has 0 radical (unpaired) electrons. The number of aldehydes is 1. The molecule has 136 valence electrons. The van der Waals surface area contributed by atoms with Crippen LogP contribution in [0, 0.1) is 6.92 Å². The van der Waals surface area contributed by atoms with E-state index in [9.17, 15) is 14.2 Å². The summed E-state index contributed by atoms with van der Waals surface area (Å²) in [4.78, 5) is 29.1. The van der Waals surface area contributed by atoms with Gasteiger partial charge in [0.15, 0.2) is 6.29 Å². The molecule has 0 aliphatic carbocycles. The van der Waals surface area contributed by atoms with Gasteiger partial charge in [-0.15, -0.1) is 0 Å². The average molecular weight is 358 g/mol. The van der Waals surface area contributed by atoms with Crippen molar-refractivity contribution in [3.8, 4) is 0 Å². The first kappa shape index (κ1) is 22.6. The lowest BCUT2D eigenvalue weighted by Gasteiger charge is -2.12. The van der Waals surface area contributed by atoms with Gasteiger partial charge in [-0.1, -0.05) is 26.2 Å². The molecule has 0 bridgehead atoms. The molecule has 7 nitrogen and oxygen atoms in total. The van der Waals surface area contributed by atoms with Crippen LogP contribution in [0.1, 0.15) is 55.2 Å². The van der Waals surface area contributed by atoms with Crippen LogP contribution in [0.5, 0.6) is 0 Å². The van der Waals surface area contributed by atoms with Crippen molar-refractivity contribution in [2.75, 3.05) is 20.4 Å². The number of carbonyl (C=O) groups is 2. The van der Waals surface area contributed by atoms with Gasteiger partial charge < -0.3 is 9.05 Å². The summed E-state index contributed by atoms with van der Waals surface area (Å²) in [5, 5.41) is 0. The van der Waals surface area contributed by atoms with Crippen LogP contribution >= 0.6 is 7.60 Å². The highest BCUT2D eigenvalue weighted by atomic mass is 31.2. The maximum absolute atomic E-state index is 11.6. The molecule has 0 aromatic carbocycles. The molecule has 8 heteroatoms. The van der Waals surface area contributed by atoms with Gasteiger partial charge in [0.25, 0.3) is 0 Å². The Bertz CT molecular complexity index is 526. The summed E-state index contributed by atoms with van der Waals surface area (Å²) in [5.41, 5.74) is 0.514. The predicted octanol–water partition coefficient (Wildman–Crippen LogP) is 3.61. The maximum atomic E-state index is 11.6. The highest BCUT2D eigenvalue weighted by Gasteiger charge is 2.24. The summed E-state index contributed by atoms with van der Waals surface area (Å²) in [6, 6.07) is 0. The molecule has 0 unspecified atom stereocenters. The van der Waals surface area contributed by atoms with Crippen LogP contribution in [0.4, 0.5) is 0 Å². The van der Waals surface area contributed by atoms with Crippen LogP contribution in [0.15, 0.2) is 12.4 Å². The lowest BCUT2D eigenvalue weighted by molar-refractivity contribution is -0.117. The number of Topliss-reactive ketones (excluding diaryl/α,β-unsaturated/α-hetero) is 1. The Morgan fingerprint density at radius 2 is 1.75 bits per heavy atom. The summed E-state index contributed by atoms with van der Waals surface area (Å²) in [6.45, 7) is 3.89. The molecule has 0 aliphatic heterocycles. The summed E-state index contributed by atoms with van der Waals surface area (Å²) in [6.07, 6.45) is 8.27. The van der Waals surface area contributed by atoms with Gasteiger partial charge in [-0.25, -0.2) is 9.97 Å². The number of hydrogen-bond acceptors (Lipinski definition) is 7. The second kappa shape index (κ2) is 12.9. The molecule has 0 aliphatic rings. The zero-order chi connectivity index (χ0) is 18.4. The smallest absolute Gasteiger partial charge is 0.312 e. The van der Waals surface area contributed by atoms with E-state index >= 15 is 0 Å². The number of unbranched alkanes of at least 4 members (excludes halogenated alkanes) is 3. The van der Waals surface area contributed by atoms with E-state index in [-0.39, 0.29) is 11.9 Å². The fourth-order valence-corrected chi connectivity index (χ4v) is 2.71. The van der Waals surface area contributed by atoms with Gasteiger partial charge in [-0.05, 0) is 13.3 Å². The lowest BCUT2D eigenvalue weighted by atomic mass is 10.1. The standard InChI is InChI=1S/C10H21O4P.C6H6N2O/c1-4-5-6-7-8-10(11)9-15(12,13-2)14-3;1-5-7-2-6(4-9)3-8-5/h4-9H2,1-3H3;2-4H,1H3. The predicted molar refractivity (Wildman–Crippen MR) is 92.4 cm³/mol. The first-order chi connectivity index (χ1) is 11.4. The van der Waals surface area contributed by atoms with Crippen LogP contribution in [0.3, 0.4) is 0 Å². The van der Waals surface area contributed by atoms with E-state index < -0.39 is 7.60 Å². The second-order valence-electron chi connectivity index (χ2n) is 5.16. The monoisotopic (exact) mass is 358 g/mol. The Morgan fingerprint density at radius 1 is 1.17 bits per heavy atom. The minimum absolute atomic E-state index is 0.0434. The highest BCUT2D eigenvalue weighted by molar-refractivity contribution is 7.54. The third kappa shape index (κ3) is 10.4. The van der Waals surface area contributed by atoms with Crippen molar-refractivity contribution in [3.63, 3.8) is 0 Å². The van der Waals surface area contributed by atoms with Crippen molar-refractivity contribution < 1.29 is 23.2 Å². The molecule has 0 saturated carbocycles. The van der Waals surface area contributed by atoms with Gasteiger partial charge in [-0.2, -0.15) is 0 Å². The highest BCUT2D eigenvalue weighted by Crippen LogP contribution is 2.46. The maximum Gasteiger partial charge on any atom is 0.337 e. The average Bonchev–Trinajstić information content (AvgIpc) is 2.60. The molecular weight excluding hydrogens is 331 g/mol. The van der Waals surface area contributed by atoms with Crippen LogP contribution in [-0.2, 0) is 18.4 Å². The van der Waals surface area contributed by atoms with Gasteiger partial charge in [0.05, 0.1) is 5.56 Å². The normalized spacial score (nSPS) is 10.7. The van der Waals surface area contributed by atoms with E-state index in [4.69, 9.17) is 9.05 Å². The first-order valence-electron chi connectivity index (χ1n) is 7.86. The summed E-state index contributed by atoms with van der Waals surface area (Å²) in [7, 11) is -0.542. The quantitative estimate of drug-likeness (QED) is 0.358. The Labute approximate surface area is 143 Å². The van der Waals surface area contributed by atoms with Crippen molar-refractivity contribution in [2.45, 2.75) is 46.0 Å². The molecule has 0 N–H and O–H groups in total. The van der Waals surface area contributed by atoms with E-state index in [0.717, 1.165) is 32.0 Å². The van der Waals surface area contributed by atoms with Crippen LogP contribution in [-0.4, -0.2) is 42.4 Å². The van der Waals surface area contributed by atoms with Crippen LogP contribution < -0.4 is 0 Å². The zero-order valence-electron chi connectivity index (χ0n) is 14.9. The zero-order valence-corrected chi connectivity index (χ0v) is 15.8. The second-order valence-corrected chi connectivity index (χ2v) is 7.43. The van der Waals surface area contributed by atoms with E-state index in [1.807, 2.05) is 0 Å². The van der Waals surface area contributed by atoms with Gasteiger partial charge in [0, 0.05) is 33.0 Å². The molecule has 0 atom stereocenters. The molecule has 1 aromatic rings. The largest absolute Gasteiger partial charge is 0.337 e. The van der Waals surface area contributed by atoms with Crippen LogP contribution in [0.25, 0.3) is 0 Å². The SMILES string of the molecule is CCCCCCC(=O)CP(=O)(OC)OC.Cc1ncc(C=O)cn1. The summed E-state index contributed by atoms with van der Waals surface area (Å²) >= 11 is 0. The van der Waals surface area contributed by atoms with E-state index in [1.54, 1.807) is 6.92 Å². The molecule has 1 aromatic heterocycles. The van der Waals surface area contributed by atoms with Crippen molar-refractivity contribution in [1.29, 1.82) is 0 Å². The number of aryl methyl sites for hydroxylation is 1. The first-order valence-corrected chi connectivity index (χ1v) is 9.59. The van der Waals surface area contributed by atoms with E-state index in [2.05, 4.69) is 16.9 Å². The molecule has 0 spiro atoms. The molecule has 1 heterocycles. The number of ketones is 1. The molecule has 0 fully saturated rings. The third-order valence-electron chi connectivity index (χ3n) is 3.17. The molecule has 0 saturated heterocycles. The number of hydrogen-bond donors (Lipinski definition) is 0. The van der Waals surface area contributed by atoms with Crippen molar-refractivity contribution in [3.05, 3.63) is 23.8 Å². The van der Waals surface area contributed by atoms with Gasteiger partial charge in [-0.3, -0.25) is 14.2 Å². The van der Waals surface area contributed by atoms with Gasteiger partial charge in [0.2, 0.25) is 0 Å². The lowest BCUT2D eigenvalue weighted by Crippen LogP contribution is -2.07. The Hall–Kier alpha value is -1.43. The number of rotatable bonds is 10. The number of nitrogens with zero attached hydrogens (tertiary/aromatic N) is 2. The number of carbonyl (C=O) groups excluding carboxylic acids is 2. The van der Waals surface area contributed by atoms with Crippen LogP contribution in [0.2, 0.25) is 0 Å². The minimum Gasteiger partial charge on any atom is -0.312 e. The Kier molecular flexibility index (Phi) is 12.2. The Balaban J connectivity index is 0.000000496. The van der Waals surface area contributed by atoms with Gasteiger partial charge in [0.1, 0.15) is 17.8 Å². The molecule has 24 heavy (non-hydrogen) atoms. The third-order valence-corrected chi connectivity index (χ3v) is 5.03. The minimum atomic E-state index is -3.14. The Morgan fingerprint density at radius 3 is 2.21 bits per heavy atom. The van der Waals surface area contributed by atoms with E-state index in [0.29, 0.717) is 17.8 Å². The van der Waals surface area contributed by atoms with E-state index in [1.165, 1.54) is 26.6 Å². The summed E-state index contributed by atoms with van der Waals surface area (Å²) < 4.78 is 21.0. The summed E-state index contributed by atoms with van der Waals surface area (Å²) in [5.74, 6) is 0.638. The molecule has 1 rings (SSSR count). The fraction of sp³-hybridized carbons (Fsp3) is 0.625. The molecular formula is C16H27N2O5P. The van der Waals surface area contributed by atoms with Crippen molar-refractivity contribution >= 4 is 19.7 Å². The van der Waals surface area contributed by atoms with Crippen molar-refractivity contribution in [2.24, 2.45) is 0 Å². The number of aromatic nitrogens is 2. The topological polar surface area (TPSA) is 95.5 Å². The fourth-order valence-electron chi connectivity index (χ4n) is 1.71. The van der Waals surface area contributed by atoms with Crippen molar-refractivity contribution in [1.82, 2.24) is 9.97 Å².